The maximum absolute atomic E-state index is 12.5. The van der Waals surface area contributed by atoms with E-state index in [2.05, 4.69) is 4.98 Å². The van der Waals surface area contributed by atoms with Gasteiger partial charge in [0.2, 0.25) is 16.0 Å². The Labute approximate surface area is 122 Å². The predicted molar refractivity (Wildman–Crippen MR) is 79.5 cm³/mol. The summed E-state index contributed by atoms with van der Waals surface area (Å²) in [6.07, 6.45) is 0. The first kappa shape index (κ1) is 15.1. The Morgan fingerprint density at radius 2 is 1.48 bits per heavy atom. The number of para-hydroxylation sites is 1. The van der Waals surface area contributed by atoms with Crippen molar-refractivity contribution >= 4 is 20.9 Å². The van der Waals surface area contributed by atoms with Gasteiger partial charge in [0.25, 0.3) is 0 Å². The van der Waals surface area contributed by atoms with Crippen LogP contribution in [-0.4, -0.2) is 13.4 Å². The average Bonchev–Trinajstić information content (AvgIpc) is 2.48. The number of hydrogen-bond acceptors (Lipinski definition) is 3. The van der Waals surface area contributed by atoms with Gasteiger partial charge in [-0.2, -0.15) is 4.39 Å². The first-order valence-electron chi connectivity index (χ1n) is 6.06. The molecule has 0 aliphatic heterocycles. The van der Waals surface area contributed by atoms with Crippen LogP contribution in [0.5, 0.6) is 0 Å². The number of primary sulfonamides is 1. The summed E-state index contributed by atoms with van der Waals surface area (Å²) >= 11 is 0. The Bertz CT molecular complexity index is 836. The molecular weight excluding hydrogens is 291 g/mol. The minimum absolute atomic E-state index is 0.148. The number of aromatic nitrogens is 1. The Morgan fingerprint density at radius 3 is 2.10 bits per heavy atom. The molecule has 3 rings (SSSR count). The third-order valence-electron chi connectivity index (χ3n) is 2.64. The van der Waals surface area contributed by atoms with Gasteiger partial charge in [-0.15, -0.1) is 0 Å². The van der Waals surface area contributed by atoms with Gasteiger partial charge in [0.15, 0.2) is 0 Å². The topological polar surface area (TPSA) is 73.0 Å². The van der Waals surface area contributed by atoms with E-state index in [-0.39, 0.29) is 4.90 Å². The molecule has 2 aromatic carbocycles. The number of nitrogens with zero attached hydrogens (tertiary/aromatic N) is 1. The molecule has 2 N–H and O–H groups in total. The van der Waals surface area contributed by atoms with Crippen molar-refractivity contribution in [1.82, 2.24) is 4.98 Å². The number of pyridine rings is 1. The molecule has 0 aliphatic carbocycles. The molecule has 108 valence electrons. The van der Waals surface area contributed by atoms with Crippen molar-refractivity contribution in [2.24, 2.45) is 5.14 Å². The molecule has 1 aromatic heterocycles. The predicted octanol–water partition coefficient (Wildman–Crippen LogP) is 2.71. The molecule has 1 heterocycles. The third-order valence-corrected chi connectivity index (χ3v) is 3.57. The SMILES string of the molecule is Fc1ccc2ccccc2n1.NS(=O)(=O)c1ccccc1. The van der Waals surface area contributed by atoms with E-state index >= 15 is 0 Å². The fraction of sp³-hybridized carbons (Fsp3) is 0. The van der Waals surface area contributed by atoms with E-state index in [9.17, 15) is 12.8 Å². The summed E-state index contributed by atoms with van der Waals surface area (Å²) in [5.74, 6) is -0.427. The maximum Gasteiger partial charge on any atom is 0.238 e. The molecule has 0 bridgehead atoms. The molecule has 0 saturated carbocycles. The molecule has 4 nitrogen and oxygen atoms in total. The van der Waals surface area contributed by atoms with Crippen LogP contribution in [-0.2, 0) is 10.0 Å². The number of halogens is 1. The standard InChI is InChI=1S/C9H6FN.C6H7NO2S/c10-9-6-5-7-3-1-2-4-8(7)11-9;7-10(8,9)6-4-2-1-3-5-6/h1-6H;1-5H,(H2,7,8,9). The Balaban J connectivity index is 0.000000155. The van der Waals surface area contributed by atoms with Crippen molar-refractivity contribution in [3.63, 3.8) is 0 Å². The third kappa shape index (κ3) is 4.34. The Hall–Kier alpha value is -2.31. The minimum atomic E-state index is -3.50. The van der Waals surface area contributed by atoms with Gasteiger partial charge in [-0.25, -0.2) is 18.5 Å². The molecule has 0 spiro atoms. The van der Waals surface area contributed by atoms with Crippen LogP contribution in [0, 0.1) is 5.95 Å². The highest BCUT2D eigenvalue weighted by Gasteiger charge is 2.03. The summed E-state index contributed by atoms with van der Waals surface area (Å²) in [4.78, 5) is 3.86. The van der Waals surface area contributed by atoms with E-state index in [0.29, 0.717) is 5.52 Å². The van der Waals surface area contributed by atoms with Gasteiger partial charge in [0.05, 0.1) is 10.4 Å². The van der Waals surface area contributed by atoms with E-state index in [0.717, 1.165) is 5.39 Å². The zero-order valence-corrected chi connectivity index (χ0v) is 11.8. The summed E-state index contributed by atoms with van der Waals surface area (Å²) in [5.41, 5.74) is 0.701. The second-order valence-corrected chi connectivity index (χ2v) is 5.75. The van der Waals surface area contributed by atoms with Gasteiger partial charge in [0.1, 0.15) is 0 Å². The van der Waals surface area contributed by atoms with Crippen molar-refractivity contribution in [2.45, 2.75) is 4.90 Å². The molecule has 3 aromatic rings. The van der Waals surface area contributed by atoms with Crippen LogP contribution >= 0.6 is 0 Å². The molecule has 0 radical (unpaired) electrons. The summed E-state index contributed by atoms with van der Waals surface area (Å²) in [6.45, 7) is 0. The van der Waals surface area contributed by atoms with E-state index in [1.165, 1.54) is 18.2 Å². The quantitative estimate of drug-likeness (QED) is 0.702. The van der Waals surface area contributed by atoms with Gasteiger partial charge in [-0.1, -0.05) is 36.4 Å². The molecule has 21 heavy (non-hydrogen) atoms. The molecule has 0 amide bonds. The van der Waals surface area contributed by atoms with Gasteiger partial charge >= 0.3 is 0 Å². The summed E-state index contributed by atoms with van der Waals surface area (Å²) in [6, 6.07) is 18.4. The molecule has 0 unspecified atom stereocenters. The molecule has 6 heteroatoms. The normalized spacial score (nSPS) is 10.8. The van der Waals surface area contributed by atoms with E-state index in [1.54, 1.807) is 30.3 Å². The smallest absolute Gasteiger partial charge is 0.225 e. The lowest BCUT2D eigenvalue weighted by Crippen LogP contribution is -2.11. The number of benzene rings is 2. The van der Waals surface area contributed by atoms with Crippen molar-refractivity contribution in [1.29, 1.82) is 0 Å². The number of fused-ring (bicyclic) bond motifs is 1. The van der Waals surface area contributed by atoms with Crippen LogP contribution in [0.3, 0.4) is 0 Å². The van der Waals surface area contributed by atoms with E-state index in [1.807, 2.05) is 18.2 Å². The Morgan fingerprint density at radius 1 is 0.857 bits per heavy atom. The van der Waals surface area contributed by atoms with Crippen LogP contribution < -0.4 is 5.14 Å². The van der Waals surface area contributed by atoms with E-state index in [4.69, 9.17) is 5.14 Å². The van der Waals surface area contributed by atoms with Crippen molar-refractivity contribution in [3.8, 4) is 0 Å². The molecular formula is C15H13FN2O2S. The highest BCUT2D eigenvalue weighted by molar-refractivity contribution is 7.89. The van der Waals surface area contributed by atoms with Gasteiger partial charge < -0.3 is 0 Å². The highest BCUT2D eigenvalue weighted by Crippen LogP contribution is 2.10. The van der Waals surface area contributed by atoms with Gasteiger partial charge in [0, 0.05) is 5.39 Å². The Kier molecular flexibility index (Phi) is 4.62. The summed E-state index contributed by atoms with van der Waals surface area (Å²) in [5, 5.41) is 5.80. The molecule has 0 aliphatic rings. The molecule has 0 fully saturated rings. The fourth-order valence-electron chi connectivity index (χ4n) is 1.65. The summed E-state index contributed by atoms with van der Waals surface area (Å²) in [7, 11) is -3.50. The lowest BCUT2D eigenvalue weighted by Gasteiger charge is -1.93. The first-order valence-corrected chi connectivity index (χ1v) is 7.60. The second kappa shape index (κ2) is 6.43. The van der Waals surface area contributed by atoms with Crippen LogP contribution in [0.4, 0.5) is 4.39 Å². The number of nitrogens with two attached hydrogens (primary N) is 1. The largest absolute Gasteiger partial charge is 0.238 e. The average molecular weight is 304 g/mol. The van der Waals surface area contributed by atoms with Crippen LogP contribution in [0.15, 0.2) is 71.6 Å². The molecule has 0 saturated heterocycles. The molecule has 0 atom stereocenters. The fourth-order valence-corrected chi connectivity index (χ4v) is 2.19. The first-order chi connectivity index (χ1) is 9.97. The number of sulfonamides is 1. The van der Waals surface area contributed by atoms with E-state index < -0.39 is 16.0 Å². The number of rotatable bonds is 1. The lowest BCUT2D eigenvalue weighted by atomic mass is 10.2. The minimum Gasteiger partial charge on any atom is -0.225 e. The van der Waals surface area contributed by atoms with Crippen molar-refractivity contribution < 1.29 is 12.8 Å². The van der Waals surface area contributed by atoms with Gasteiger partial charge in [-0.3, -0.25) is 0 Å². The summed E-state index contributed by atoms with van der Waals surface area (Å²) < 4.78 is 33.7. The van der Waals surface area contributed by atoms with Crippen molar-refractivity contribution in [2.75, 3.05) is 0 Å². The number of hydrogen-bond donors (Lipinski definition) is 1. The maximum atomic E-state index is 12.5. The van der Waals surface area contributed by atoms with Crippen molar-refractivity contribution in [3.05, 3.63) is 72.7 Å². The second-order valence-electron chi connectivity index (χ2n) is 4.18. The highest BCUT2D eigenvalue weighted by atomic mass is 32.2. The zero-order chi connectivity index (χ0) is 15.3. The monoisotopic (exact) mass is 304 g/mol. The van der Waals surface area contributed by atoms with Crippen LogP contribution in [0.2, 0.25) is 0 Å². The lowest BCUT2D eigenvalue weighted by molar-refractivity contribution is 0.589. The zero-order valence-electron chi connectivity index (χ0n) is 11.0. The van der Waals surface area contributed by atoms with Gasteiger partial charge in [-0.05, 0) is 30.3 Å². The van der Waals surface area contributed by atoms with Crippen LogP contribution in [0.1, 0.15) is 0 Å². The van der Waals surface area contributed by atoms with Crippen LogP contribution in [0.25, 0.3) is 10.9 Å².